The van der Waals surface area contributed by atoms with E-state index in [1.54, 1.807) is 0 Å². The summed E-state index contributed by atoms with van der Waals surface area (Å²) in [6, 6.07) is 0.827. The smallest absolute Gasteiger partial charge is 0.0223 e. The highest BCUT2D eigenvalue weighted by Gasteiger charge is 2.28. The molecule has 1 saturated carbocycles. The van der Waals surface area contributed by atoms with Crippen molar-refractivity contribution in [3.63, 3.8) is 0 Å². The van der Waals surface area contributed by atoms with Crippen molar-refractivity contribution in [3.05, 3.63) is 0 Å². The van der Waals surface area contributed by atoms with E-state index in [0.29, 0.717) is 5.41 Å². The van der Waals surface area contributed by atoms with Gasteiger partial charge in [0.15, 0.2) is 0 Å². The molecule has 90 valence electrons. The van der Waals surface area contributed by atoms with Gasteiger partial charge in [0.05, 0.1) is 0 Å². The molecule has 1 aliphatic carbocycles. The van der Waals surface area contributed by atoms with Crippen LogP contribution in [0.1, 0.15) is 52.4 Å². The summed E-state index contributed by atoms with van der Waals surface area (Å²) >= 11 is 5.69. The van der Waals surface area contributed by atoms with E-state index in [1.165, 1.54) is 38.6 Å². The van der Waals surface area contributed by atoms with Crippen LogP contribution in [-0.4, -0.2) is 30.4 Å². The fraction of sp³-hybridized carbons (Fsp3) is 1.00. The van der Waals surface area contributed by atoms with Gasteiger partial charge in [-0.2, -0.15) is 0 Å². The third kappa shape index (κ3) is 4.74. The lowest BCUT2D eigenvalue weighted by atomic mass is 9.75. The summed E-state index contributed by atoms with van der Waals surface area (Å²) in [6.07, 6.45) is 7.94. The first-order valence-corrected chi connectivity index (χ1v) is 6.85. The Morgan fingerprint density at radius 1 is 1.20 bits per heavy atom. The lowest BCUT2D eigenvalue weighted by molar-refractivity contribution is 0.126. The highest BCUT2D eigenvalue weighted by molar-refractivity contribution is 6.17. The van der Waals surface area contributed by atoms with Gasteiger partial charge in [-0.05, 0) is 57.5 Å². The normalized spacial score (nSPS) is 22.2. The molecule has 1 nitrogen and oxygen atoms in total. The molecule has 0 radical (unpaired) electrons. The Kier molecular flexibility index (Phi) is 5.42. The molecule has 0 N–H and O–H groups in total. The lowest BCUT2D eigenvalue weighted by Gasteiger charge is -2.38. The van der Waals surface area contributed by atoms with Crippen molar-refractivity contribution in [1.82, 2.24) is 4.90 Å². The fourth-order valence-corrected chi connectivity index (χ4v) is 2.65. The molecular weight excluding hydrogens is 206 g/mol. The standard InChI is InChI=1S/C13H26ClN/c1-13(2)8-6-12(7-9-13)15(3)11-5-4-10-14/h12H,4-11H2,1-3H3. The number of halogens is 1. The first-order valence-electron chi connectivity index (χ1n) is 6.31. The third-order valence-corrected chi connectivity index (χ3v) is 4.09. The van der Waals surface area contributed by atoms with Crippen molar-refractivity contribution >= 4 is 11.6 Å². The molecule has 0 amide bonds. The maximum Gasteiger partial charge on any atom is 0.0223 e. The van der Waals surface area contributed by atoms with Crippen LogP contribution in [-0.2, 0) is 0 Å². The second-order valence-corrected chi connectivity index (χ2v) is 6.15. The van der Waals surface area contributed by atoms with Crippen LogP contribution in [0.25, 0.3) is 0 Å². The van der Waals surface area contributed by atoms with E-state index >= 15 is 0 Å². The maximum atomic E-state index is 5.69. The number of unbranched alkanes of at least 4 members (excludes halogenated alkanes) is 1. The molecule has 0 heterocycles. The molecule has 1 fully saturated rings. The van der Waals surface area contributed by atoms with Crippen LogP contribution >= 0.6 is 11.6 Å². The summed E-state index contributed by atoms with van der Waals surface area (Å²) < 4.78 is 0. The van der Waals surface area contributed by atoms with Crippen LogP contribution in [0.2, 0.25) is 0 Å². The summed E-state index contributed by atoms with van der Waals surface area (Å²) in [5.41, 5.74) is 0.591. The van der Waals surface area contributed by atoms with Gasteiger partial charge in [0.2, 0.25) is 0 Å². The fourth-order valence-electron chi connectivity index (χ4n) is 2.46. The summed E-state index contributed by atoms with van der Waals surface area (Å²) in [4.78, 5) is 2.54. The van der Waals surface area contributed by atoms with Crippen molar-refractivity contribution < 1.29 is 0 Å². The van der Waals surface area contributed by atoms with Crippen LogP contribution in [0.4, 0.5) is 0 Å². The molecule has 0 atom stereocenters. The van der Waals surface area contributed by atoms with E-state index in [1.807, 2.05) is 0 Å². The van der Waals surface area contributed by atoms with Gasteiger partial charge in [0, 0.05) is 11.9 Å². The van der Waals surface area contributed by atoms with Crippen LogP contribution in [0.3, 0.4) is 0 Å². The van der Waals surface area contributed by atoms with Crippen molar-refractivity contribution in [3.8, 4) is 0 Å². The first kappa shape index (κ1) is 13.3. The average Bonchev–Trinajstić information content (AvgIpc) is 2.18. The van der Waals surface area contributed by atoms with Gasteiger partial charge in [0.1, 0.15) is 0 Å². The molecule has 1 aliphatic rings. The van der Waals surface area contributed by atoms with Crippen LogP contribution in [0.5, 0.6) is 0 Å². The molecule has 0 spiro atoms. The minimum Gasteiger partial charge on any atom is -0.303 e. The van der Waals surface area contributed by atoms with Crippen molar-refractivity contribution in [2.75, 3.05) is 19.5 Å². The van der Waals surface area contributed by atoms with E-state index in [9.17, 15) is 0 Å². The highest BCUT2D eigenvalue weighted by atomic mass is 35.5. The summed E-state index contributed by atoms with van der Waals surface area (Å²) in [7, 11) is 2.28. The van der Waals surface area contributed by atoms with Gasteiger partial charge >= 0.3 is 0 Å². The molecule has 15 heavy (non-hydrogen) atoms. The Morgan fingerprint density at radius 3 is 2.33 bits per heavy atom. The van der Waals surface area contributed by atoms with Gasteiger partial charge in [0.25, 0.3) is 0 Å². The molecule has 0 unspecified atom stereocenters. The zero-order chi connectivity index (χ0) is 11.3. The van der Waals surface area contributed by atoms with Gasteiger partial charge in [-0.15, -0.1) is 11.6 Å². The highest BCUT2D eigenvalue weighted by Crippen LogP contribution is 2.36. The Hall–Kier alpha value is 0.250. The summed E-state index contributed by atoms with van der Waals surface area (Å²) in [6.45, 7) is 6.02. The van der Waals surface area contributed by atoms with E-state index in [4.69, 9.17) is 11.6 Å². The van der Waals surface area contributed by atoms with Gasteiger partial charge in [-0.3, -0.25) is 0 Å². The quantitative estimate of drug-likeness (QED) is 0.512. The van der Waals surface area contributed by atoms with Crippen LogP contribution < -0.4 is 0 Å². The third-order valence-electron chi connectivity index (χ3n) is 3.83. The topological polar surface area (TPSA) is 3.24 Å². The largest absolute Gasteiger partial charge is 0.303 e. The molecule has 2 heteroatoms. The average molecular weight is 232 g/mol. The Labute approximate surface area is 100 Å². The van der Waals surface area contributed by atoms with Crippen LogP contribution in [0.15, 0.2) is 0 Å². The second kappa shape index (κ2) is 6.10. The summed E-state index contributed by atoms with van der Waals surface area (Å²) in [5, 5.41) is 0. The minimum absolute atomic E-state index is 0.591. The Bertz CT molecular complexity index is 169. The van der Waals surface area contributed by atoms with Gasteiger partial charge in [-0.1, -0.05) is 13.8 Å². The van der Waals surface area contributed by atoms with Crippen molar-refractivity contribution in [2.45, 2.75) is 58.4 Å². The monoisotopic (exact) mass is 231 g/mol. The Morgan fingerprint density at radius 2 is 1.80 bits per heavy atom. The first-order chi connectivity index (χ1) is 7.05. The van der Waals surface area contributed by atoms with E-state index in [-0.39, 0.29) is 0 Å². The van der Waals surface area contributed by atoms with Crippen molar-refractivity contribution in [1.29, 1.82) is 0 Å². The maximum absolute atomic E-state index is 5.69. The predicted octanol–water partition coefficient (Wildman–Crippen LogP) is 3.91. The zero-order valence-electron chi connectivity index (χ0n) is 10.6. The number of nitrogens with zero attached hydrogens (tertiary/aromatic N) is 1. The molecule has 0 aromatic rings. The minimum atomic E-state index is 0.591. The summed E-state index contributed by atoms with van der Waals surface area (Å²) in [5.74, 6) is 0.811. The molecule has 1 rings (SSSR count). The number of hydrogen-bond donors (Lipinski definition) is 0. The predicted molar refractivity (Wildman–Crippen MR) is 68.6 cm³/mol. The van der Waals surface area contributed by atoms with Crippen molar-refractivity contribution in [2.24, 2.45) is 5.41 Å². The molecule has 0 aromatic carbocycles. The Balaban J connectivity index is 2.21. The molecule has 0 saturated heterocycles. The zero-order valence-corrected chi connectivity index (χ0v) is 11.3. The van der Waals surface area contributed by atoms with Gasteiger partial charge < -0.3 is 4.90 Å². The molecule has 0 bridgehead atoms. The number of alkyl halides is 1. The lowest BCUT2D eigenvalue weighted by Crippen LogP contribution is -2.37. The number of rotatable bonds is 5. The van der Waals surface area contributed by atoms with Gasteiger partial charge in [-0.25, -0.2) is 0 Å². The number of hydrogen-bond acceptors (Lipinski definition) is 1. The molecular formula is C13H26ClN. The molecule has 0 aromatic heterocycles. The van der Waals surface area contributed by atoms with Crippen LogP contribution in [0, 0.1) is 5.41 Å². The van der Waals surface area contributed by atoms with E-state index in [0.717, 1.165) is 18.3 Å². The SMILES string of the molecule is CN(CCCCCl)C1CCC(C)(C)CC1. The van der Waals surface area contributed by atoms with E-state index < -0.39 is 0 Å². The second-order valence-electron chi connectivity index (χ2n) is 5.77. The van der Waals surface area contributed by atoms with E-state index in [2.05, 4.69) is 25.8 Å². The molecule has 0 aliphatic heterocycles.